The SMILES string of the molecule is CC(=O)C1(CCCc2ccccc2CCCC(C)(C)C(=O)O)CC1. The van der Waals surface area contributed by atoms with Gasteiger partial charge in [-0.1, -0.05) is 24.3 Å². The number of carbonyl (C=O) groups is 2. The zero-order valence-corrected chi connectivity index (χ0v) is 15.2. The van der Waals surface area contributed by atoms with Gasteiger partial charge in [-0.05, 0) is 83.3 Å². The van der Waals surface area contributed by atoms with E-state index in [9.17, 15) is 14.7 Å². The molecule has 1 fully saturated rings. The molecule has 3 nitrogen and oxygen atoms in total. The Morgan fingerprint density at radius 3 is 2.08 bits per heavy atom. The maximum Gasteiger partial charge on any atom is 0.309 e. The van der Waals surface area contributed by atoms with Crippen LogP contribution in [0.5, 0.6) is 0 Å². The van der Waals surface area contributed by atoms with Gasteiger partial charge in [-0.15, -0.1) is 0 Å². The normalized spacial score (nSPS) is 16.0. The van der Waals surface area contributed by atoms with Gasteiger partial charge in [0.05, 0.1) is 5.41 Å². The molecule has 1 aromatic carbocycles. The lowest BCUT2D eigenvalue weighted by atomic mass is 9.86. The molecule has 0 spiro atoms. The molecule has 1 aliphatic carbocycles. The molecule has 24 heavy (non-hydrogen) atoms. The van der Waals surface area contributed by atoms with E-state index in [1.165, 1.54) is 11.1 Å². The number of ketones is 1. The van der Waals surface area contributed by atoms with E-state index < -0.39 is 11.4 Å². The monoisotopic (exact) mass is 330 g/mol. The maximum atomic E-state index is 11.7. The minimum atomic E-state index is -0.727. The fourth-order valence-electron chi connectivity index (χ4n) is 3.42. The third kappa shape index (κ3) is 4.68. The lowest BCUT2D eigenvalue weighted by Gasteiger charge is -2.19. The van der Waals surface area contributed by atoms with Crippen molar-refractivity contribution in [3.05, 3.63) is 35.4 Å². The molecular weight excluding hydrogens is 300 g/mol. The number of hydrogen-bond acceptors (Lipinski definition) is 2. The molecule has 0 aliphatic heterocycles. The average Bonchev–Trinajstić information content (AvgIpc) is 3.30. The third-order valence-electron chi connectivity index (χ3n) is 5.65. The summed E-state index contributed by atoms with van der Waals surface area (Å²) in [6, 6.07) is 8.45. The molecule has 0 heterocycles. The Morgan fingerprint density at radius 2 is 1.62 bits per heavy atom. The van der Waals surface area contributed by atoms with E-state index in [0.29, 0.717) is 12.2 Å². The molecule has 1 aromatic rings. The minimum absolute atomic E-state index is 0.000452. The van der Waals surface area contributed by atoms with Crippen molar-refractivity contribution in [2.75, 3.05) is 0 Å². The van der Waals surface area contributed by atoms with Crippen molar-refractivity contribution >= 4 is 11.8 Å². The molecule has 0 amide bonds. The highest BCUT2D eigenvalue weighted by atomic mass is 16.4. The summed E-state index contributed by atoms with van der Waals surface area (Å²) in [5.74, 6) is -0.374. The van der Waals surface area contributed by atoms with Crippen molar-refractivity contribution in [1.82, 2.24) is 0 Å². The van der Waals surface area contributed by atoms with Gasteiger partial charge in [0.15, 0.2) is 0 Å². The van der Waals surface area contributed by atoms with Gasteiger partial charge in [0.2, 0.25) is 0 Å². The van der Waals surface area contributed by atoms with Crippen LogP contribution in [-0.4, -0.2) is 16.9 Å². The first kappa shape index (κ1) is 18.7. The topological polar surface area (TPSA) is 54.4 Å². The number of Topliss-reactive ketones (excluding diaryl/α,β-unsaturated/α-hetero) is 1. The number of rotatable bonds is 10. The summed E-state index contributed by atoms with van der Waals surface area (Å²) in [5.41, 5.74) is 2.02. The third-order valence-corrected chi connectivity index (χ3v) is 5.65. The van der Waals surface area contributed by atoms with Gasteiger partial charge in [0.25, 0.3) is 0 Å². The number of hydrogen-bond donors (Lipinski definition) is 1. The molecule has 2 rings (SSSR count). The Morgan fingerprint density at radius 1 is 1.08 bits per heavy atom. The van der Waals surface area contributed by atoms with Gasteiger partial charge in [0, 0.05) is 5.41 Å². The van der Waals surface area contributed by atoms with Crippen molar-refractivity contribution in [2.24, 2.45) is 10.8 Å². The summed E-state index contributed by atoms with van der Waals surface area (Å²) in [6.45, 7) is 5.31. The lowest BCUT2D eigenvalue weighted by molar-refractivity contribution is -0.147. The van der Waals surface area contributed by atoms with Gasteiger partial charge >= 0.3 is 5.97 Å². The predicted molar refractivity (Wildman–Crippen MR) is 96.1 cm³/mol. The first-order chi connectivity index (χ1) is 11.3. The Kier molecular flexibility index (Phi) is 5.84. The van der Waals surface area contributed by atoms with E-state index in [1.807, 2.05) is 0 Å². The van der Waals surface area contributed by atoms with Crippen LogP contribution < -0.4 is 0 Å². The van der Waals surface area contributed by atoms with Gasteiger partial charge in [-0.2, -0.15) is 0 Å². The number of aryl methyl sites for hydroxylation is 2. The van der Waals surface area contributed by atoms with Gasteiger partial charge < -0.3 is 5.11 Å². The Bertz CT molecular complexity index is 556. The minimum Gasteiger partial charge on any atom is -0.481 e. The highest BCUT2D eigenvalue weighted by Crippen LogP contribution is 2.50. The molecule has 1 N–H and O–H groups in total. The second-order valence-electron chi connectivity index (χ2n) is 8.00. The maximum absolute atomic E-state index is 11.7. The van der Waals surface area contributed by atoms with Crippen LogP contribution in [0.3, 0.4) is 0 Å². The zero-order valence-electron chi connectivity index (χ0n) is 15.2. The molecule has 0 aromatic heterocycles. The fraction of sp³-hybridized carbons (Fsp3) is 0.619. The number of benzene rings is 1. The molecule has 3 heteroatoms. The number of carbonyl (C=O) groups excluding carboxylic acids is 1. The smallest absolute Gasteiger partial charge is 0.309 e. The molecule has 0 radical (unpaired) electrons. The summed E-state index contributed by atoms with van der Waals surface area (Å²) in [5, 5.41) is 9.21. The van der Waals surface area contributed by atoms with Crippen molar-refractivity contribution in [1.29, 1.82) is 0 Å². The molecule has 0 atom stereocenters. The fourth-order valence-corrected chi connectivity index (χ4v) is 3.42. The van der Waals surface area contributed by atoms with Crippen LogP contribution in [0.4, 0.5) is 0 Å². The van der Waals surface area contributed by atoms with Crippen LogP contribution in [0.1, 0.15) is 70.4 Å². The Balaban J connectivity index is 1.86. The molecule has 0 unspecified atom stereocenters. The van der Waals surface area contributed by atoms with Gasteiger partial charge in [-0.25, -0.2) is 0 Å². The predicted octanol–water partition coefficient (Wildman–Crippen LogP) is 4.81. The number of aliphatic carboxylic acids is 1. The summed E-state index contributed by atoms with van der Waals surface area (Å²) in [7, 11) is 0. The standard InChI is InChI=1S/C21H30O3/c1-16(22)21(14-15-21)13-7-11-18-9-5-4-8-17(18)10-6-12-20(2,3)19(23)24/h4-5,8-9H,6-7,10-15H2,1-3H3,(H,23,24). The van der Waals surface area contributed by atoms with E-state index in [-0.39, 0.29) is 5.41 Å². The quantitative estimate of drug-likeness (QED) is 0.669. The largest absolute Gasteiger partial charge is 0.481 e. The van der Waals surface area contributed by atoms with Crippen molar-refractivity contribution in [3.63, 3.8) is 0 Å². The van der Waals surface area contributed by atoms with Crippen LogP contribution in [0.15, 0.2) is 24.3 Å². The van der Waals surface area contributed by atoms with Gasteiger partial charge in [0.1, 0.15) is 5.78 Å². The van der Waals surface area contributed by atoms with Crippen molar-refractivity contribution in [3.8, 4) is 0 Å². The average molecular weight is 330 g/mol. The van der Waals surface area contributed by atoms with Gasteiger partial charge in [-0.3, -0.25) is 9.59 Å². The second-order valence-corrected chi connectivity index (χ2v) is 8.00. The number of carboxylic acids is 1. The second kappa shape index (κ2) is 7.50. The van der Waals surface area contributed by atoms with E-state index in [2.05, 4.69) is 24.3 Å². The van der Waals surface area contributed by atoms with E-state index in [0.717, 1.165) is 44.9 Å². The summed E-state index contributed by atoms with van der Waals surface area (Å²) in [4.78, 5) is 22.9. The summed E-state index contributed by atoms with van der Waals surface area (Å²) < 4.78 is 0. The summed E-state index contributed by atoms with van der Waals surface area (Å²) in [6.07, 6.45) is 7.68. The van der Waals surface area contributed by atoms with E-state index in [4.69, 9.17) is 0 Å². The number of carboxylic acid groups (broad SMARTS) is 1. The molecular formula is C21H30O3. The first-order valence-corrected chi connectivity index (χ1v) is 9.08. The van der Waals surface area contributed by atoms with Crippen LogP contribution >= 0.6 is 0 Å². The van der Waals surface area contributed by atoms with Crippen LogP contribution in [0, 0.1) is 10.8 Å². The van der Waals surface area contributed by atoms with Crippen molar-refractivity contribution in [2.45, 2.75) is 72.1 Å². The molecule has 0 bridgehead atoms. The molecule has 132 valence electrons. The zero-order chi connectivity index (χ0) is 17.8. The Labute approximate surface area is 145 Å². The Hall–Kier alpha value is -1.64. The molecule has 1 aliphatic rings. The first-order valence-electron chi connectivity index (χ1n) is 9.08. The van der Waals surface area contributed by atoms with Crippen LogP contribution in [-0.2, 0) is 22.4 Å². The highest BCUT2D eigenvalue weighted by molar-refractivity contribution is 5.84. The lowest BCUT2D eigenvalue weighted by Crippen LogP contribution is -2.23. The molecule has 1 saturated carbocycles. The molecule has 0 saturated heterocycles. The summed E-state index contributed by atoms with van der Waals surface area (Å²) >= 11 is 0. The van der Waals surface area contributed by atoms with Crippen LogP contribution in [0.25, 0.3) is 0 Å². The van der Waals surface area contributed by atoms with E-state index in [1.54, 1.807) is 20.8 Å². The highest BCUT2D eigenvalue weighted by Gasteiger charge is 2.46. The van der Waals surface area contributed by atoms with E-state index >= 15 is 0 Å². The van der Waals surface area contributed by atoms with Crippen molar-refractivity contribution < 1.29 is 14.7 Å². The van der Waals surface area contributed by atoms with Crippen LogP contribution in [0.2, 0.25) is 0 Å².